The molecule has 4 aromatic rings. The van der Waals surface area contributed by atoms with Gasteiger partial charge in [0.1, 0.15) is 17.2 Å². The number of hydrogen-bond donors (Lipinski definition) is 1. The topological polar surface area (TPSA) is 59.3 Å². The van der Waals surface area contributed by atoms with Gasteiger partial charge < -0.3 is 0 Å². The lowest BCUT2D eigenvalue weighted by Gasteiger charge is -2.03. The van der Waals surface area contributed by atoms with Gasteiger partial charge in [0.05, 0.1) is 11.4 Å². The van der Waals surface area contributed by atoms with Crippen LogP contribution in [0.2, 0.25) is 0 Å². The summed E-state index contributed by atoms with van der Waals surface area (Å²) >= 11 is 1.34. The van der Waals surface area contributed by atoms with Crippen molar-refractivity contribution in [2.24, 2.45) is 0 Å². The second kappa shape index (κ2) is 6.10. The Hall–Kier alpha value is -3.06. The lowest BCUT2D eigenvalue weighted by Crippen LogP contribution is -2.15. The summed E-state index contributed by atoms with van der Waals surface area (Å²) in [5.41, 5.74) is 3.12. The van der Waals surface area contributed by atoms with E-state index in [1.54, 1.807) is 6.92 Å². The number of anilines is 1. The van der Waals surface area contributed by atoms with Gasteiger partial charge in [-0.05, 0) is 19.1 Å². The molecule has 0 aliphatic heterocycles. The highest BCUT2D eigenvalue weighted by Gasteiger charge is 2.18. The number of carbonyl (C=O) groups excluding carboxylic acids is 1. The van der Waals surface area contributed by atoms with Crippen molar-refractivity contribution in [3.8, 4) is 11.3 Å². The third kappa shape index (κ3) is 2.89. The van der Waals surface area contributed by atoms with Crippen LogP contribution in [0.15, 0.2) is 54.0 Å². The second-order valence-electron chi connectivity index (χ2n) is 5.48. The zero-order valence-electron chi connectivity index (χ0n) is 13.2. The minimum absolute atomic E-state index is 0.297. The molecule has 0 spiro atoms. The SMILES string of the molecule is Cc1nc2ccc(F)cn2c1C(=O)Nc1nc(-c2ccccc2)cs1. The van der Waals surface area contributed by atoms with E-state index < -0.39 is 5.82 Å². The minimum Gasteiger partial charge on any atom is -0.296 e. The van der Waals surface area contributed by atoms with Gasteiger partial charge in [0, 0.05) is 17.1 Å². The van der Waals surface area contributed by atoms with Crippen LogP contribution in [0.1, 0.15) is 16.2 Å². The number of amides is 1. The summed E-state index contributed by atoms with van der Waals surface area (Å²) < 4.78 is 15.0. The van der Waals surface area contributed by atoms with Crippen molar-refractivity contribution >= 4 is 28.0 Å². The number of nitrogens with one attached hydrogen (secondary N) is 1. The number of halogens is 1. The number of hydrogen-bond acceptors (Lipinski definition) is 4. The van der Waals surface area contributed by atoms with E-state index in [1.165, 1.54) is 34.1 Å². The summed E-state index contributed by atoms with van der Waals surface area (Å²) in [6.07, 6.45) is 1.25. The van der Waals surface area contributed by atoms with Gasteiger partial charge >= 0.3 is 0 Å². The van der Waals surface area contributed by atoms with Crippen molar-refractivity contribution in [2.75, 3.05) is 5.32 Å². The first-order chi connectivity index (χ1) is 12.1. The Morgan fingerprint density at radius 1 is 1.16 bits per heavy atom. The van der Waals surface area contributed by atoms with E-state index in [2.05, 4.69) is 15.3 Å². The number of aromatic nitrogens is 3. The van der Waals surface area contributed by atoms with Gasteiger partial charge in [-0.2, -0.15) is 0 Å². The van der Waals surface area contributed by atoms with E-state index in [4.69, 9.17) is 0 Å². The van der Waals surface area contributed by atoms with E-state index in [1.807, 2.05) is 35.7 Å². The minimum atomic E-state index is -0.431. The van der Waals surface area contributed by atoms with Gasteiger partial charge in [-0.3, -0.25) is 14.5 Å². The highest BCUT2D eigenvalue weighted by molar-refractivity contribution is 7.14. The summed E-state index contributed by atoms with van der Waals surface area (Å²) in [6.45, 7) is 1.72. The molecule has 0 fully saturated rings. The maximum Gasteiger partial charge on any atom is 0.276 e. The van der Waals surface area contributed by atoms with Gasteiger partial charge in [0.15, 0.2) is 5.13 Å². The zero-order valence-corrected chi connectivity index (χ0v) is 14.0. The summed E-state index contributed by atoms with van der Waals surface area (Å²) in [4.78, 5) is 21.4. The molecule has 1 N–H and O–H groups in total. The first-order valence-corrected chi connectivity index (χ1v) is 8.46. The third-order valence-corrected chi connectivity index (χ3v) is 4.52. The summed E-state index contributed by atoms with van der Waals surface area (Å²) in [5, 5.41) is 5.13. The fourth-order valence-electron chi connectivity index (χ4n) is 2.64. The van der Waals surface area contributed by atoms with E-state index in [0.29, 0.717) is 22.2 Å². The normalized spacial score (nSPS) is 11.0. The monoisotopic (exact) mass is 352 g/mol. The number of imidazole rings is 1. The molecule has 0 radical (unpaired) electrons. The molecular formula is C18H13FN4OS. The molecule has 1 amide bonds. The van der Waals surface area contributed by atoms with E-state index in [0.717, 1.165) is 11.3 Å². The van der Waals surface area contributed by atoms with Crippen LogP contribution in [0, 0.1) is 12.7 Å². The van der Waals surface area contributed by atoms with Crippen molar-refractivity contribution in [3.05, 3.63) is 71.2 Å². The molecule has 3 heterocycles. The molecule has 0 bridgehead atoms. The van der Waals surface area contributed by atoms with Crippen molar-refractivity contribution in [3.63, 3.8) is 0 Å². The molecule has 5 nitrogen and oxygen atoms in total. The average molecular weight is 352 g/mol. The first kappa shape index (κ1) is 15.5. The number of fused-ring (bicyclic) bond motifs is 1. The molecule has 0 atom stereocenters. The Morgan fingerprint density at radius 2 is 1.96 bits per heavy atom. The average Bonchev–Trinajstić information content (AvgIpc) is 3.19. The van der Waals surface area contributed by atoms with Crippen LogP contribution in [0.5, 0.6) is 0 Å². The van der Waals surface area contributed by atoms with Crippen LogP contribution in [0.25, 0.3) is 16.9 Å². The van der Waals surface area contributed by atoms with Gasteiger partial charge in [-0.1, -0.05) is 30.3 Å². The summed E-state index contributed by atoms with van der Waals surface area (Å²) in [6, 6.07) is 12.6. The van der Waals surface area contributed by atoms with E-state index in [9.17, 15) is 9.18 Å². The van der Waals surface area contributed by atoms with Crippen LogP contribution in [0.4, 0.5) is 9.52 Å². The second-order valence-corrected chi connectivity index (χ2v) is 6.34. The lowest BCUT2D eigenvalue weighted by atomic mass is 10.2. The van der Waals surface area contributed by atoms with E-state index >= 15 is 0 Å². The molecule has 0 aliphatic carbocycles. The van der Waals surface area contributed by atoms with Crippen molar-refractivity contribution < 1.29 is 9.18 Å². The van der Waals surface area contributed by atoms with Crippen LogP contribution in [0.3, 0.4) is 0 Å². The number of aryl methyl sites for hydroxylation is 1. The molecule has 3 aromatic heterocycles. The largest absolute Gasteiger partial charge is 0.296 e. The highest BCUT2D eigenvalue weighted by atomic mass is 32.1. The highest BCUT2D eigenvalue weighted by Crippen LogP contribution is 2.25. The maximum atomic E-state index is 13.5. The van der Waals surface area contributed by atoms with Gasteiger partial charge in [-0.25, -0.2) is 14.4 Å². The predicted octanol–water partition coefficient (Wildman–Crippen LogP) is 4.16. The molecule has 0 unspecified atom stereocenters. The predicted molar refractivity (Wildman–Crippen MR) is 95.4 cm³/mol. The lowest BCUT2D eigenvalue weighted by molar-refractivity contribution is 0.102. The van der Waals surface area contributed by atoms with E-state index in [-0.39, 0.29) is 5.91 Å². The molecule has 4 rings (SSSR count). The summed E-state index contributed by atoms with van der Waals surface area (Å²) in [7, 11) is 0. The van der Waals surface area contributed by atoms with Crippen LogP contribution < -0.4 is 5.32 Å². The Bertz CT molecular complexity index is 1070. The quantitative estimate of drug-likeness (QED) is 0.602. The maximum absolute atomic E-state index is 13.5. The molecule has 25 heavy (non-hydrogen) atoms. The smallest absolute Gasteiger partial charge is 0.276 e. The molecule has 0 aliphatic rings. The number of benzene rings is 1. The fraction of sp³-hybridized carbons (Fsp3) is 0.0556. The van der Waals surface area contributed by atoms with Crippen LogP contribution in [-0.4, -0.2) is 20.3 Å². The van der Waals surface area contributed by atoms with Crippen LogP contribution in [-0.2, 0) is 0 Å². The van der Waals surface area contributed by atoms with Crippen molar-refractivity contribution in [2.45, 2.75) is 6.92 Å². The molecule has 1 aromatic carbocycles. The molecule has 124 valence electrons. The number of carbonyl (C=O) groups is 1. The zero-order chi connectivity index (χ0) is 17.4. The number of thiazole rings is 1. The Balaban J connectivity index is 1.64. The molecule has 0 saturated carbocycles. The standard InChI is InChI=1S/C18H13FN4OS/c1-11-16(23-9-13(19)7-8-15(23)20-11)17(24)22-18-21-14(10-25-18)12-5-3-2-4-6-12/h2-10H,1H3,(H,21,22,24). The number of nitrogens with zero attached hydrogens (tertiary/aromatic N) is 3. The number of rotatable bonds is 3. The van der Waals surface area contributed by atoms with Crippen molar-refractivity contribution in [1.29, 1.82) is 0 Å². The van der Waals surface area contributed by atoms with Crippen molar-refractivity contribution in [1.82, 2.24) is 14.4 Å². The molecule has 7 heteroatoms. The van der Waals surface area contributed by atoms with Gasteiger partial charge in [0.25, 0.3) is 5.91 Å². The van der Waals surface area contributed by atoms with Gasteiger partial charge in [0.2, 0.25) is 0 Å². The molecule has 0 saturated heterocycles. The third-order valence-electron chi connectivity index (χ3n) is 3.77. The Morgan fingerprint density at radius 3 is 2.76 bits per heavy atom. The summed E-state index contributed by atoms with van der Waals surface area (Å²) in [5.74, 6) is -0.802. The first-order valence-electron chi connectivity index (χ1n) is 7.58. The van der Waals surface area contributed by atoms with Gasteiger partial charge in [-0.15, -0.1) is 11.3 Å². The molecular weight excluding hydrogens is 339 g/mol. The number of pyridine rings is 1. The Labute approximate surface area is 146 Å². The van der Waals surface area contributed by atoms with Crippen LogP contribution >= 0.6 is 11.3 Å². The fourth-order valence-corrected chi connectivity index (χ4v) is 3.35. The Kier molecular flexibility index (Phi) is 3.77.